The van der Waals surface area contributed by atoms with Crippen molar-refractivity contribution >= 4 is 16.9 Å². The normalized spacial score (nSPS) is 10.9. The van der Waals surface area contributed by atoms with Crippen molar-refractivity contribution in [3.8, 4) is 28.9 Å². The van der Waals surface area contributed by atoms with Crippen molar-refractivity contribution in [1.82, 2.24) is 4.98 Å². The standard InChI is InChI=1S/C24H21NO7/c1-13-22(30-15(3)26)14(2)24(27)32-23(13)20-10-17-9-18(6-7-19(17)31-20)29-12-16-5-8-21(28-4)25-11-16/h5-11H,12H2,1-4H3. The number of hydrogen-bond donors (Lipinski definition) is 0. The van der Waals surface area contributed by atoms with Gasteiger partial charge in [0.15, 0.2) is 11.5 Å². The molecule has 0 N–H and O–H groups in total. The zero-order valence-corrected chi connectivity index (χ0v) is 18.1. The van der Waals surface area contributed by atoms with Crippen LogP contribution in [-0.2, 0) is 11.4 Å². The Labute approximate surface area is 183 Å². The van der Waals surface area contributed by atoms with E-state index in [1.807, 2.05) is 12.1 Å². The number of furan rings is 1. The topological polar surface area (TPSA) is 101 Å². The van der Waals surface area contributed by atoms with Crippen molar-refractivity contribution in [3.05, 3.63) is 69.7 Å². The number of ether oxygens (including phenoxy) is 3. The number of nitrogens with zero attached hydrogens (tertiary/aromatic N) is 1. The molecule has 164 valence electrons. The fraction of sp³-hybridized carbons (Fsp3) is 0.208. The number of benzene rings is 1. The van der Waals surface area contributed by atoms with E-state index in [0.29, 0.717) is 35.1 Å². The molecule has 0 unspecified atom stereocenters. The molecule has 3 heterocycles. The summed E-state index contributed by atoms with van der Waals surface area (Å²) in [6.45, 7) is 4.86. The van der Waals surface area contributed by atoms with Crippen molar-refractivity contribution in [2.75, 3.05) is 7.11 Å². The number of esters is 1. The Bertz CT molecular complexity index is 1350. The molecule has 0 saturated carbocycles. The number of carbonyl (C=O) groups is 1. The molecule has 4 rings (SSSR count). The lowest BCUT2D eigenvalue weighted by Gasteiger charge is -2.10. The van der Waals surface area contributed by atoms with E-state index in [-0.39, 0.29) is 17.1 Å². The predicted octanol–water partition coefficient (Wildman–Crippen LogP) is 4.58. The third kappa shape index (κ3) is 4.20. The molecule has 0 bridgehead atoms. The Morgan fingerprint density at radius 1 is 1.06 bits per heavy atom. The quantitative estimate of drug-likeness (QED) is 0.406. The fourth-order valence-corrected chi connectivity index (χ4v) is 3.26. The molecule has 1 aromatic carbocycles. The van der Waals surface area contributed by atoms with Crippen LogP contribution < -0.4 is 19.8 Å². The number of hydrogen-bond acceptors (Lipinski definition) is 8. The molecule has 8 nitrogen and oxygen atoms in total. The van der Waals surface area contributed by atoms with Gasteiger partial charge in [-0.1, -0.05) is 0 Å². The van der Waals surface area contributed by atoms with E-state index in [1.54, 1.807) is 51.4 Å². The first kappa shape index (κ1) is 21.2. The molecular weight excluding hydrogens is 414 g/mol. The average molecular weight is 435 g/mol. The van der Waals surface area contributed by atoms with Crippen LogP contribution in [0, 0.1) is 13.8 Å². The van der Waals surface area contributed by atoms with Gasteiger partial charge in [-0.2, -0.15) is 0 Å². The number of fused-ring (bicyclic) bond motifs is 1. The summed E-state index contributed by atoms with van der Waals surface area (Å²) in [5.74, 6) is 1.39. The van der Waals surface area contributed by atoms with Gasteiger partial charge in [-0.3, -0.25) is 4.79 Å². The van der Waals surface area contributed by atoms with Crippen LogP contribution in [0.3, 0.4) is 0 Å². The molecule has 0 aliphatic carbocycles. The van der Waals surface area contributed by atoms with E-state index < -0.39 is 11.6 Å². The Morgan fingerprint density at radius 3 is 2.56 bits per heavy atom. The second kappa shape index (κ2) is 8.58. The summed E-state index contributed by atoms with van der Waals surface area (Å²) in [7, 11) is 1.56. The molecule has 0 radical (unpaired) electrons. The van der Waals surface area contributed by atoms with Gasteiger partial charge in [-0.15, -0.1) is 0 Å². The van der Waals surface area contributed by atoms with E-state index in [1.165, 1.54) is 6.92 Å². The van der Waals surface area contributed by atoms with E-state index >= 15 is 0 Å². The molecule has 0 spiro atoms. The lowest BCUT2D eigenvalue weighted by molar-refractivity contribution is -0.132. The van der Waals surface area contributed by atoms with Crippen LogP contribution in [0.5, 0.6) is 17.4 Å². The summed E-state index contributed by atoms with van der Waals surface area (Å²) >= 11 is 0. The van der Waals surface area contributed by atoms with Crippen molar-refractivity contribution in [2.24, 2.45) is 0 Å². The third-order valence-electron chi connectivity index (χ3n) is 4.89. The predicted molar refractivity (Wildman–Crippen MR) is 116 cm³/mol. The second-order valence-electron chi connectivity index (χ2n) is 7.20. The summed E-state index contributed by atoms with van der Waals surface area (Å²) in [5.41, 5.74) is 1.62. The van der Waals surface area contributed by atoms with Crippen LogP contribution in [0.25, 0.3) is 22.5 Å². The van der Waals surface area contributed by atoms with Crippen molar-refractivity contribution in [3.63, 3.8) is 0 Å². The maximum atomic E-state index is 12.3. The number of aromatic nitrogens is 1. The van der Waals surface area contributed by atoms with Crippen LogP contribution in [0.2, 0.25) is 0 Å². The van der Waals surface area contributed by atoms with E-state index in [2.05, 4.69) is 4.98 Å². The minimum atomic E-state index is -0.598. The van der Waals surface area contributed by atoms with Gasteiger partial charge in [0.05, 0.1) is 12.7 Å². The monoisotopic (exact) mass is 435 g/mol. The highest BCUT2D eigenvalue weighted by molar-refractivity contribution is 5.84. The van der Waals surface area contributed by atoms with Crippen LogP contribution >= 0.6 is 0 Å². The number of pyridine rings is 1. The molecule has 0 fully saturated rings. The first-order valence-corrected chi connectivity index (χ1v) is 9.84. The zero-order valence-electron chi connectivity index (χ0n) is 18.1. The summed E-state index contributed by atoms with van der Waals surface area (Å²) in [4.78, 5) is 27.9. The van der Waals surface area contributed by atoms with Crippen LogP contribution in [0.4, 0.5) is 0 Å². The SMILES string of the molecule is COc1ccc(COc2ccc3oc(-c4oc(=O)c(C)c(OC(C)=O)c4C)cc3c2)cn1. The van der Waals surface area contributed by atoms with Gasteiger partial charge in [0.1, 0.15) is 23.7 Å². The number of carbonyl (C=O) groups excluding carboxylic acids is 1. The Hall–Kier alpha value is -4.07. The maximum Gasteiger partial charge on any atom is 0.343 e. The number of rotatable bonds is 6. The smallest absolute Gasteiger partial charge is 0.343 e. The van der Waals surface area contributed by atoms with E-state index in [0.717, 1.165) is 10.9 Å². The second-order valence-corrected chi connectivity index (χ2v) is 7.20. The maximum absolute atomic E-state index is 12.3. The summed E-state index contributed by atoms with van der Waals surface area (Å²) < 4.78 is 27.5. The molecule has 8 heteroatoms. The molecule has 3 aromatic heterocycles. The minimum absolute atomic E-state index is 0.182. The third-order valence-corrected chi connectivity index (χ3v) is 4.89. The molecule has 0 aliphatic rings. The zero-order chi connectivity index (χ0) is 22.8. The van der Waals surface area contributed by atoms with Gasteiger partial charge in [0.2, 0.25) is 5.88 Å². The fourth-order valence-electron chi connectivity index (χ4n) is 3.26. The Morgan fingerprint density at radius 2 is 1.88 bits per heavy atom. The van der Waals surface area contributed by atoms with Gasteiger partial charge in [-0.25, -0.2) is 9.78 Å². The van der Waals surface area contributed by atoms with Crippen LogP contribution in [-0.4, -0.2) is 18.1 Å². The molecule has 0 aliphatic heterocycles. The first-order chi connectivity index (χ1) is 15.4. The Kier molecular flexibility index (Phi) is 5.68. The van der Waals surface area contributed by atoms with Crippen molar-refractivity contribution < 1.29 is 27.8 Å². The highest BCUT2D eigenvalue weighted by Crippen LogP contribution is 2.35. The van der Waals surface area contributed by atoms with Crippen molar-refractivity contribution in [2.45, 2.75) is 27.4 Å². The molecular formula is C24H21NO7. The molecule has 0 atom stereocenters. The molecule has 4 aromatic rings. The molecule has 32 heavy (non-hydrogen) atoms. The summed E-state index contributed by atoms with van der Waals surface area (Å²) in [6, 6.07) is 10.8. The average Bonchev–Trinajstić information content (AvgIpc) is 3.21. The largest absolute Gasteiger partial charge is 0.489 e. The van der Waals surface area contributed by atoms with Gasteiger partial charge in [0, 0.05) is 35.7 Å². The highest BCUT2D eigenvalue weighted by atomic mass is 16.5. The van der Waals surface area contributed by atoms with Gasteiger partial charge in [0.25, 0.3) is 0 Å². The molecule has 0 saturated heterocycles. The first-order valence-electron chi connectivity index (χ1n) is 9.84. The summed E-state index contributed by atoms with van der Waals surface area (Å²) in [5, 5.41) is 0.766. The van der Waals surface area contributed by atoms with E-state index in [9.17, 15) is 9.59 Å². The lowest BCUT2D eigenvalue weighted by atomic mass is 10.1. The van der Waals surface area contributed by atoms with Gasteiger partial charge in [-0.05, 0) is 44.2 Å². The van der Waals surface area contributed by atoms with Crippen LogP contribution in [0.1, 0.15) is 23.6 Å². The van der Waals surface area contributed by atoms with Gasteiger partial charge >= 0.3 is 11.6 Å². The van der Waals surface area contributed by atoms with Crippen LogP contribution in [0.15, 0.2) is 56.2 Å². The highest BCUT2D eigenvalue weighted by Gasteiger charge is 2.21. The van der Waals surface area contributed by atoms with Gasteiger partial charge < -0.3 is 23.0 Å². The summed E-state index contributed by atoms with van der Waals surface area (Å²) in [6.07, 6.45) is 1.69. The Balaban J connectivity index is 1.62. The molecule has 0 amide bonds. The minimum Gasteiger partial charge on any atom is -0.489 e. The number of methoxy groups -OCH3 is 1. The van der Waals surface area contributed by atoms with Crippen molar-refractivity contribution in [1.29, 1.82) is 0 Å². The lowest BCUT2D eigenvalue weighted by Crippen LogP contribution is -2.12. The van der Waals surface area contributed by atoms with E-state index in [4.69, 9.17) is 23.0 Å².